The highest BCUT2D eigenvalue weighted by atomic mass is 32.2. The first-order valence-electron chi connectivity index (χ1n) is 6.19. The molecule has 1 aromatic carbocycles. The molecule has 19 heavy (non-hydrogen) atoms. The number of hydrogen-bond acceptors (Lipinski definition) is 4. The zero-order valence-corrected chi connectivity index (χ0v) is 11.5. The van der Waals surface area contributed by atoms with E-state index in [-0.39, 0.29) is 0 Å². The maximum absolute atomic E-state index is 11.5. The Morgan fingerprint density at radius 1 is 1.16 bits per heavy atom. The second-order valence-corrected chi connectivity index (χ2v) is 6.71. The normalized spacial score (nSPS) is 18.1. The highest BCUT2D eigenvalue weighted by Crippen LogP contribution is 2.18. The minimum Gasteiger partial charge on any atom is -0.340 e. The molecule has 7 heteroatoms. The van der Waals surface area contributed by atoms with Gasteiger partial charge < -0.3 is 9.88 Å². The molecule has 0 aliphatic carbocycles. The molecule has 0 saturated carbocycles. The van der Waals surface area contributed by atoms with E-state index in [0.29, 0.717) is 26.2 Å². The lowest BCUT2D eigenvalue weighted by molar-refractivity contribution is 0.386. The van der Waals surface area contributed by atoms with Crippen LogP contribution < -0.4 is 4.90 Å². The molecule has 1 aromatic heterocycles. The molecule has 0 atom stereocenters. The third-order valence-corrected chi connectivity index (χ3v) is 4.69. The molecular weight excluding hydrogens is 264 g/mol. The van der Waals surface area contributed by atoms with Crippen LogP contribution in [0.3, 0.4) is 0 Å². The van der Waals surface area contributed by atoms with Crippen molar-refractivity contribution in [1.82, 2.24) is 14.3 Å². The van der Waals surface area contributed by atoms with E-state index in [1.54, 1.807) is 0 Å². The summed E-state index contributed by atoms with van der Waals surface area (Å²) in [6.45, 7) is 2.34. The van der Waals surface area contributed by atoms with Crippen molar-refractivity contribution in [3.63, 3.8) is 0 Å². The van der Waals surface area contributed by atoms with E-state index in [0.717, 1.165) is 17.0 Å². The third-order valence-electron chi connectivity index (χ3n) is 3.38. The molecule has 1 aliphatic rings. The molecule has 0 radical (unpaired) electrons. The summed E-state index contributed by atoms with van der Waals surface area (Å²) in [7, 11) is -3.08. The smallest absolute Gasteiger partial charge is 0.211 e. The maximum atomic E-state index is 11.5. The van der Waals surface area contributed by atoms with E-state index in [1.165, 1.54) is 10.6 Å². The number of anilines is 1. The molecule has 0 unspecified atom stereocenters. The molecule has 1 aliphatic heterocycles. The third kappa shape index (κ3) is 2.43. The number of benzene rings is 1. The number of rotatable bonds is 2. The number of fused-ring (bicyclic) bond motifs is 1. The van der Waals surface area contributed by atoms with Gasteiger partial charge in [-0.05, 0) is 12.1 Å². The van der Waals surface area contributed by atoms with Crippen molar-refractivity contribution < 1.29 is 8.42 Å². The molecule has 2 aromatic rings. The number of hydrogen-bond donors (Lipinski definition) is 1. The molecule has 1 saturated heterocycles. The Kier molecular flexibility index (Phi) is 2.94. The summed E-state index contributed by atoms with van der Waals surface area (Å²) in [6.07, 6.45) is 1.25. The van der Waals surface area contributed by atoms with Crippen LogP contribution in [0.5, 0.6) is 0 Å². The second-order valence-electron chi connectivity index (χ2n) is 4.73. The Balaban J connectivity index is 1.78. The Morgan fingerprint density at radius 2 is 1.84 bits per heavy atom. The predicted molar refractivity (Wildman–Crippen MR) is 74.7 cm³/mol. The lowest BCUT2D eigenvalue weighted by atomic mass is 10.3. The maximum Gasteiger partial charge on any atom is 0.211 e. The van der Waals surface area contributed by atoms with Crippen LogP contribution >= 0.6 is 0 Å². The van der Waals surface area contributed by atoms with Gasteiger partial charge in [0.1, 0.15) is 0 Å². The van der Waals surface area contributed by atoms with Gasteiger partial charge >= 0.3 is 0 Å². The number of aromatic amines is 1. The number of piperazine rings is 1. The van der Waals surface area contributed by atoms with Crippen LogP contribution in [-0.4, -0.2) is 55.1 Å². The van der Waals surface area contributed by atoms with Crippen LogP contribution in [0.25, 0.3) is 11.0 Å². The average molecular weight is 280 g/mol. The molecular formula is C12H16N4O2S. The van der Waals surface area contributed by atoms with Crippen molar-refractivity contribution in [1.29, 1.82) is 0 Å². The van der Waals surface area contributed by atoms with Crippen molar-refractivity contribution in [2.45, 2.75) is 0 Å². The first-order chi connectivity index (χ1) is 9.04. The van der Waals surface area contributed by atoms with Crippen molar-refractivity contribution in [2.24, 2.45) is 0 Å². The Hall–Kier alpha value is -1.60. The van der Waals surface area contributed by atoms with Gasteiger partial charge in [-0.15, -0.1) is 0 Å². The van der Waals surface area contributed by atoms with E-state index in [1.807, 2.05) is 24.3 Å². The summed E-state index contributed by atoms with van der Waals surface area (Å²) in [5.74, 6) is 0.814. The number of sulfonamides is 1. The largest absolute Gasteiger partial charge is 0.340 e. The fraction of sp³-hybridized carbons (Fsp3) is 0.417. The van der Waals surface area contributed by atoms with Gasteiger partial charge in [0.25, 0.3) is 0 Å². The zero-order valence-electron chi connectivity index (χ0n) is 10.7. The molecule has 3 rings (SSSR count). The fourth-order valence-corrected chi connectivity index (χ4v) is 3.15. The van der Waals surface area contributed by atoms with Crippen LogP contribution in [0.1, 0.15) is 0 Å². The Labute approximate surface area is 112 Å². The SMILES string of the molecule is CS(=O)(=O)N1CCN(c2nc3ccccc3[nH]2)CC1. The van der Waals surface area contributed by atoms with Crippen molar-refractivity contribution in [2.75, 3.05) is 37.3 Å². The van der Waals surface area contributed by atoms with Crippen molar-refractivity contribution in [3.05, 3.63) is 24.3 Å². The summed E-state index contributed by atoms with van der Waals surface area (Å²) in [4.78, 5) is 9.88. The molecule has 2 heterocycles. The van der Waals surface area contributed by atoms with Gasteiger partial charge in [-0.1, -0.05) is 12.1 Å². The molecule has 6 nitrogen and oxygen atoms in total. The minimum absolute atomic E-state index is 0.510. The lowest BCUT2D eigenvalue weighted by Crippen LogP contribution is -2.48. The van der Waals surface area contributed by atoms with Crippen molar-refractivity contribution in [3.8, 4) is 0 Å². The van der Waals surface area contributed by atoms with E-state index >= 15 is 0 Å². The average Bonchev–Trinajstić information content (AvgIpc) is 2.81. The first kappa shape index (κ1) is 12.4. The second kappa shape index (κ2) is 4.50. The van der Waals surface area contributed by atoms with Crippen LogP contribution in [0.4, 0.5) is 5.95 Å². The fourth-order valence-electron chi connectivity index (χ4n) is 2.32. The Bertz CT molecular complexity index is 654. The van der Waals surface area contributed by atoms with Crippen LogP contribution in [0.2, 0.25) is 0 Å². The summed E-state index contributed by atoms with van der Waals surface area (Å²) in [6, 6.07) is 7.86. The number of aromatic nitrogens is 2. The minimum atomic E-state index is -3.08. The monoisotopic (exact) mass is 280 g/mol. The summed E-state index contributed by atoms with van der Waals surface area (Å²) >= 11 is 0. The van der Waals surface area contributed by atoms with Gasteiger partial charge in [0.2, 0.25) is 16.0 Å². The van der Waals surface area contributed by atoms with E-state index < -0.39 is 10.0 Å². The number of para-hydroxylation sites is 2. The highest BCUT2D eigenvalue weighted by molar-refractivity contribution is 7.88. The van der Waals surface area contributed by atoms with Crippen molar-refractivity contribution >= 4 is 27.0 Å². The van der Waals surface area contributed by atoms with Gasteiger partial charge in [0.05, 0.1) is 17.3 Å². The van der Waals surface area contributed by atoms with Crippen LogP contribution in [0, 0.1) is 0 Å². The summed E-state index contributed by atoms with van der Waals surface area (Å²) in [5, 5.41) is 0. The van der Waals surface area contributed by atoms with Gasteiger partial charge in [-0.25, -0.2) is 13.4 Å². The van der Waals surface area contributed by atoms with E-state index in [2.05, 4.69) is 14.9 Å². The topological polar surface area (TPSA) is 69.3 Å². The molecule has 0 spiro atoms. The Morgan fingerprint density at radius 3 is 2.47 bits per heavy atom. The van der Waals surface area contributed by atoms with E-state index in [9.17, 15) is 8.42 Å². The first-order valence-corrected chi connectivity index (χ1v) is 8.04. The molecule has 0 amide bonds. The van der Waals surface area contributed by atoms with Crippen LogP contribution in [0.15, 0.2) is 24.3 Å². The molecule has 0 bridgehead atoms. The number of nitrogens with one attached hydrogen (secondary N) is 1. The molecule has 1 fully saturated rings. The summed E-state index contributed by atoms with van der Waals surface area (Å²) < 4.78 is 24.4. The quantitative estimate of drug-likeness (QED) is 0.876. The van der Waals surface area contributed by atoms with Gasteiger partial charge in [0, 0.05) is 26.2 Å². The van der Waals surface area contributed by atoms with Crippen LogP contribution in [-0.2, 0) is 10.0 Å². The number of imidazole rings is 1. The predicted octanol–water partition coefficient (Wildman–Crippen LogP) is 0.644. The summed E-state index contributed by atoms with van der Waals surface area (Å²) in [5.41, 5.74) is 1.94. The highest BCUT2D eigenvalue weighted by Gasteiger charge is 2.24. The molecule has 102 valence electrons. The van der Waals surface area contributed by atoms with Gasteiger partial charge in [0.15, 0.2) is 0 Å². The zero-order chi connectivity index (χ0) is 13.5. The van der Waals surface area contributed by atoms with E-state index in [4.69, 9.17) is 0 Å². The number of nitrogens with zero attached hydrogens (tertiary/aromatic N) is 3. The standard InChI is InChI=1S/C12H16N4O2S/c1-19(17,18)16-8-6-15(7-9-16)12-13-10-4-2-3-5-11(10)14-12/h2-5H,6-9H2,1H3,(H,13,14). The van der Waals surface area contributed by atoms with Gasteiger partial charge in [-0.2, -0.15) is 4.31 Å². The lowest BCUT2D eigenvalue weighted by Gasteiger charge is -2.32. The molecule has 1 N–H and O–H groups in total. The number of H-pyrrole nitrogens is 1. The van der Waals surface area contributed by atoms with Gasteiger partial charge in [-0.3, -0.25) is 0 Å².